The molecule has 17 heavy (non-hydrogen) atoms. The van der Waals surface area contributed by atoms with Crippen molar-refractivity contribution in [2.75, 3.05) is 0 Å². The smallest absolute Gasteiger partial charge is 0.312 e. The van der Waals surface area contributed by atoms with Gasteiger partial charge in [-0.1, -0.05) is 52.8 Å². The van der Waals surface area contributed by atoms with Crippen LogP contribution in [0.5, 0.6) is 5.75 Å². The lowest BCUT2D eigenvalue weighted by Crippen LogP contribution is -2.32. The van der Waals surface area contributed by atoms with Gasteiger partial charge in [0.05, 0.1) is 6.42 Å². The molecule has 0 unspecified atom stereocenters. The third kappa shape index (κ3) is 2.08. The summed E-state index contributed by atoms with van der Waals surface area (Å²) in [4.78, 5) is 11.7. The van der Waals surface area contributed by atoms with Crippen molar-refractivity contribution in [1.82, 2.24) is 0 Å². The average Bonchev–Trinajstić information content (AvgIpc) is 2.13. The minimum absolute atomic E-state index is 0.0148. The summed E-state index contributed by atoms with van der Waals surface area (Å²) < 4.78 is 5.49. The Morgan fingerprint density at radius 2 is 1.88 bits per heavy atom. The van der Waals surface area contributed by atoms with E-state index in [0.29, 0.717) is 6.42 Å². The largest absolute Gasteiger partial charge is 0.426 e. The zero-order chi connectivity index (χ0) is 12.8. The maximum Gasteiger partial charge on any atom is 0.312 e. The predicted octanol–water partition coefficient (Wildman–Crippen LogP) is 3.57. The van der Waals surface area contributed by atoms with E-state index in [9.17, 15) is 4.79 Å². The maximum atomic E-state index is 11.7. The minimum Gasteiger partial charge on any atom is -0.426 e. The molecule has 1 aliphatic heterocycles. The Hall–Kier alpha value is -1.31. The summed E-state index contributed by atoms with van der Waals surface area (Å²) in [5, 5.41) is 0. The van der Waals surface area contributed by atoms with E-state index in [-0.39, 0.29) is 16.8 Å². The van der Waals surface area contributed by atoms with Crippen molar-refractivity contribution in [2.45, 2.75) is 51.9 Å². The number of hydrogen-bond acceptors (Lipinski definition) is 2. The molecule has 1 aromatic rings. The standard InChI is InChI=1S/C15H20O2/c1-14(2,3)10-7-6-8-11-13(10)17-12(16)9-15(11,4)5/h6-8H,9H2,1-5H3. The second-order valence-electron chi connectivity index (χ2n) is 6.47. The van der Waals surface area contributed by atoms with Crippen LogP contribution in [0.3, 0.4) is 0 Å². The Morgan fingerprint density at radius 3 is 2.47 bits per heavy atom. The molecule has 0 spiro atoms. The molecule has 0 saturated carbocycles. The van der Waals surface area contributed by atoms with E-state index in [0.717, 1.165) is 16.9 Å². The number of para-hydroxylation sites is 1. The van der Waals surface area contributed by atoms with Crippen LogP contribution < -0.4 is 4.74 Å². The van der Waals surface area contributed by atoms with Gasteiger partial charge in [0.2, 0.25) is 0 Å². The lowest BCUT2D eigenvalue weighted by molar-refractivity contribution is -0.137. The molecule has 0 saturated heterocycles. The van der Waals surface area contributed by atoms with Gasteiger partial charge in [-0.25, -0.2) is 0 Å². The third-order valence-corrected chi connectivity index (χ3v) is 3.35. The zero-order valence-corrected chi connectivity index (χ0v) is 11.3. The normalized spacial score (nSPS) is 18.5. The Balaban J connectivity index is 2.66. The van der Waals surface area contributed by atoms with Crippen molar-refractivity contribution in [3.05, 3.63) is 29.3 Å². The Morgan fingerprint density at radius 1 is 1.24 bits per heavy atom. The first kappa shape index (κ1) is 12.2. The van der Waals surface area contributed by atoms with Gasteiger partial charge in [-0.3, -0.25) is 4.79 Å². The van der Waals surface area contributed by atoms with Crippen molar-refractivity contribution in [3.8, 4) is 5.75 Å². The lowest BCUT2D eigenvalue weighted by atomic mass is 9.75. The highest BCUT2D eigenvalue weighted by Gasteiger charge is 2.36. The zero-order valence-electron chi connectivity index (χ0n) is 11.3. The van der Waals surface area contributed by atoms with Crippen LogP contribution in [0.15, 0.2) is 18.2 Å². The van der Waals surface area contributed by atoms with Crippen LogP contribution in [0.2, 0.25) is 0 Å². The fourth-order valence-corrected chi connectivity index (χ4v) is 2.38. The molecule has 1 heterocycles. The molecular formula is C15H20O2. The first-order valence-corrected chi connectivity index (χ1v) is 6.06. The summed E-state index contributed by atoms with van der Waals surface area (Å²) in [6.45, 7) is 10.6. The van der Waals surface area contributed by atoms with Crippen LogP contribution in [0.25, 0.3) is 0 Å². The predicted molar refractivity (Wildman–Crippen MR) is 68.4 cm³/mol. The molecule has 0 fully saturated rings. The highest BCUT2D eigenvalue weighted by molar-refractivity contribution is 5.78. The van der Waals surface area contributed by atoms with Crippen molar-refractivity contribution < 1.29 is 9.53 Å². The fourth-order valence-electron chi connectivity index (χ4n) is 2.38. The van der Waals surface area contributed by atoms with Crippen molar-refractivity contribution >= 4 is 5.97 Å². The average molecular weight is 232 g/mol. The molecule has 1 aromatic carbocycles. The second-order valence-corrected chi connectivity index (χ2v) is 6.47. The molecule has 0 atom stereocenters. The van der Waals surface area contributed by atoms with Gasteiger partial charge in [0, 0.05) is 16.5 Å². The molecule has 0 aromatic heterocycles. The lowest BCUT2D eigenvalue weighted by Gasteiger charge is -2.34. The Bertz CT molecular complexity index is 450. The monoisotopic (exact) mass is 232 g/mol. The van der Waals surface area contributed by atoms with Crippen LogP contribution in [-0.2, 0) is 15.6 Å². The van der Waals surface area contributed by atoms with Gasteiger partial charge in [0.25, 0.3) is 0 Å². The van der Waals surface area contributed by atoms with Gasteiger partial charge < -0.3 is 4.74 Å². The van der Waals surface area contributed by atoms with Gasteiger partial charge >= 0.3 is 5.97 Å². The van der Waals surface area contributed by atoms with Crippen LogP contribution in [0.1, 0.15) is 52.2 Å². The van der Waals surface area contributed by atoms with Gasteiger partial charge in [0.1, 0.15) is 5.75 Å². The maximum absolute atomic E-state index is 11.7. The van der Waals surface area contributed by atoms with Crippen LogP contribution in [0, 0.1) is 0 Å². The Kier molecular flexibility index (Phi) is 2.57. The van der Waals surface area contributed by atoms with Crippen molar-refractivity contribution in [1.29, 1.82) is 0 Å². The number of carbonyl (C=O) groups is 1. The first-order valence-electron chi connectivity index (χ1n) is 6.06. The fraction of sp³-hybridized carbons (Fsp3) is 0.533. The quantitative estimate of drug-likeness (QED) is 0.505. The molecule has 2 rings (SSSR count). The highest BCUT2D eigenvalue weighted by atomic mass is 16.5. The number of carbonyl (C=O) groups excluding carboxylic acids is 1. The Labute approximate surface area is 103 Å². The first-order chi connectivity index (χ1) is 7.72. The molecule has 2 nitrogen and oxygen atoms in total. The molecule has 0 radical (unpaired) electrons. The summed E-state index contributed by atoms with van der Waals surface area (Å²) >= 11 is 0. The third-order valence-electron chi connectivity index (χ3n) is 3.35. The van der Waals surface area contributed by atoms with Gasteiger partial charge in [-0.2, -0.15) is 0 Å². The van der Waals surface area contributed by atoms with Gasteiger partial charge in [-0.05, 0) is 5.41 Å². The van der Waals surface area contributed by atoms with Crippen LogP contribution in [-0.4, -0.2) is 5.97 Å². The summed E-state index contributed by atoms with van der Waals surface area (Å²) in [5.74, 6) is 0.653. The number of ether oxygens (including phenoxy) is 1. The van der Waals surface area contributed by atoms with Crippen LogP contribution in [0.4, 0.5) is 0 Å². The molecule has 0 N–H and O–H groups in total. The molecule has 92 valence electrons. The number of rotatable bonds is 0. The molecule has 0 aliphatic carbocycles. The number of benzene rings is 1. The van der Waals surface area contributed by atoms with Crippen molar-refractivity contribution in [3.63, 3.8) is 0 Å². The summed E-state index contributed by atoms with van der Waals surface area (Å²) in [6, 6.07) is 6.17. The molecule has 1 aliphatic rings. The van der Waals surface area contributed by atoms with E-state index in [1.54, 1.807) is 0 Å². The van der Waals surface area contributed by atoms with E-state index in [2.05, 4.69) is 46.8 Å². The van der Waals surface area contributed by atoms with E-state index in [1.807, 2.05) is 6.07 Å². The summed E-state index contributed by atoms with van der Waals surface area (Å²) in [5.41, 5.74) is 2.10. The summed E-state index contributed by atoms with van der Waals surface area (Å²) in [7, 11) is 0. The van der Waals surface area contributed by atoms with Crippen LogP contribution >= 0.6 is 0 Å². The number of esters is 1. The van der Waals surface area contributed by atoms with Gasteiger partial charge in [0.15, 0.2) is 0 Å². The molecular weight excluding hydrogens is 212 g/mol. The van der Waals surface area contributed by atoms with E-state index >= 15 is 0 Å². The van der Waals surface area contributed by atoms with E-state index < -0.39 is 0 Å². The minimum atomic E-state index is -0.133. The number of fused-ring (bicyclic) bond motifs is 1. The molecule has 0 amide bonds. The van der Waals surface area contributed by atoms with Gasteiger partial charge in [-0.15, -0.1) is 0 Å². The topological polar surface area (TPSA) is 26.3 Å². The summed E-state index contributed by atoms with van der Waals surface area (Å²) in [6.07, 6.45) is 0.452. The number of hydrogen-bond donors (Lipinski definition) is 0. The van der Waals surface area contributed by atoms with Crippen molar-refractivity contribution in [2.24, 2.45) is 0 Å². The second kappa shape index (κ2) is 3.59. The highest BCUT2D eigenvalue weighted by Crippen LogP contribution is 2.44. The molecule has 0 bridgehead atoms. The SMILES string of the molecule is CC(C)(C)c1cccc2c1OC(=O)CC2(C)C. The van der Waals surface area contributed by atoms with E-state index in [1.165, 1.54) is 0 Å². The molecule has 2 heteroatoms. The van der Waals surface area contributed by atoms with E-state index in [4.69, 9.17) is 4.74 Å².